The molecule has 2 rings (SSSR count). The third kappa shape index (κ3) is 0.785. The van der Waals surface area contributed by atoms with Crippen LogP contribution in [0.5, 0.6) is 0 Å². The first-order valence-corrected chi connectivity index (χ1v) is 3.60. The predicted octanol–water partition coefficient (Wildman–Crippen LogP) is 2.12. The first-order valence-electron chi connectivity index (χ1n) is 3.60. The van der Waals surface area contributed by atoms with Crippen molar-refractivity contribution in [1.29, 1.82) is 0 Å². The summed E-state index contributed by atoms with van der Waals surface area (Å²) in [6.07, 6.45) is 1.72. The van der Waals surface area contributed by atoms with E-state index in [0.717, 1.165) is 11.0 Å². The Morgan fingerprint density at radius 3 is 3.08 bits per heavy atom. The molecule has 0 unspecified atom stereocenters. The van der Waals surface area contributed by atoms with Crippen molar-refractivity contribution in [2.24, 2.45) is 7.05 Å². The van der Waals surface area contributed by atoms with Gasteiger partial charge < -0.3 is 4.57 Å². The van der Waals surface area contributed by atoms with E-state index in [0.29, 0.717) is 5.69 Å². The summed E-state index contributed by atoms with van der Waals surface area (Å²) in [4.78, 5) is 7.52. The molecule has 0 spiro atoms. The average molecular weight is 157 g/mol. The fourth-order valence-corrected chi connectivity index (χ4v) is 1.23. The smallest absolute Gasteiger partial charge is 0.214 e. The molecular formula is C9H7N3. The van der Waals surface area contributed by atoms with Crippen molar-refractivity contribution in [2.75, 3.05) is 0 Å². The predicted molar refractivity (Wildman–Crippen MR) is 47.0 cm³/mol. The van der Waals surface area contributed by atoms with Crippen LogP contribution >= 0.6 is 0 Å². The lowest BCUT2D eigenvalue weighted by atomic mass is 10.3. The topological polar surface area (TPSA) is 22.2 Å². The molecule has 0 fully saturated rings. The molecule has 0 aliphatic rings. The maximum atomic E-state index is 6.91. The van der Waals surface area contributed by atoms with Crippen molar-refractivity contribution in [1.82, 2.24) is 9.55 Å². The van der Waals surface area contributed by atoms with Crippen molar-refractivity contribution >= 4 is 16.7 Å². The third-order valence-electron chi connectivity index (χ3n) is 1.85. The van der Waals surface area contributed by atoms with E-state index in [2.05, 4.69) is 9.83 Å². The van der Waals surface area contributed by atoms with E-state index in [-0.39, 0.29) is 0 Å². The Morgan fingerprint density at radius 2 is 2.33 bits per heavy atom. The second-order valence-corrected chi connectivity index (χ2v) is 2.61. The molecule has 0 aliphatic heterocycles. The lowest BCUT2D eigenvalue weighted by Gasteiger charge is -1.93. The molecule has 12 heavy (non-hydrogen) atoms. The number of rotatable bonds is 0. The molecule has 0 saturated heterocycles. The van der Waals surface area contributed by atoms with Crippen LogP contribution in [-0.4, -0.2) is 9.55 Å². The molecule has 2 aromatic rings. The number of benzene rings is 1. The van der Waals surface area contributed by atoms with Crippen molar-refractivity contribution in [3.8, 4) is 0 Å². The number of fused-ring (bicyclic) bond motifs is 1. The molecule has 3 heteroatoms. The van der Waals surface area contributed by atoms with Gasteiger partial charge in [0.15, 0.2) is 0 Å². The molecule has 1 aromatic heterocycles. The quantitative estimate of drug-likeness (QED) is 0.537. The Labute approximate surface area is 70.1 Å². The number of para-hydroxylation sites is 1. The summed E-state index contributed by atoms with van der Waals surface area (Å²) >= 11 is 0. The molecule has 1 aromatic carbocycles. The minimum absolute atomic E-state index is 0.619. The zero-order valence-electron chi connectivity index (χ0n) is 6.65. The molecular weight excluding hydrogens is 150 g/mol. The molecule has 58 valence electrons. The van der Waals surface area contributed by atoms with E-state index in [9.17, 15) is 0 Å². The highest BCUT2D eigenvalue weighted by molar-refractivity contribution is 5.88. The molecule has 3 nitrogen and oxygen atoms in total. The largest absolute Gasteiger partial charge is 0.335 e. The second kappa shape index (κ2) is 2.35. The summed E-state index contributed by atoms with van der Waals surface area (Å²) in [6, 6.07) is 5.61. The van der Waals surface area contributed by atoms with Gasteiger partial charge in [-0.15, -0.1) is 0 Å². The van der Waals surface area contributed by atoms with Gasteiger partial charge in [0.25, 0.3) is 0 Å². The number of imidazole rings is 1. The van der Waals surface area contributed by atoms with Crippen LogP contribution in [0.1, 0.15) is 0 Å². The Bertz CT molecular complexity index is 462. The van der Waals surface area contributed by atoms with Crippen LogP contribution in [0.15, 0.2) is 24.5 Å². The van der Waals surface area contributed by atoms with Crippen LogP contribution in [-0.2, 0) is 7.05 Å². The van der Waals surface area contributed by atoms with Gasteiger partial charge in [-0.1, -0.05) is 12.1 Å². The summed E-state index contributed by atoms with van der Waals surface area (Å²) in [5, 5.41) is 0. The minimum Gasteiger partial charge on any atom is -0.335 e. The van der Waals surface area contributed by atoms with Crippen molar-refractivity contribution in [3.63, 3.8) is 0 Å². The van der Waals surface area contributed by atoms with Gasteiger partial charge in [0, 0.05) is 7.05 Å². The van der Waals surface area contributed by atoms with Crippen molar-refractivity contribution in [3.05, 3.63) is 35.9 Å². The van der Waals surface area contributed by atoms with E-state index < -0.39 is 0 Å². The lowest BCUT2D eigenvalue weighted by molar-refractivity contribution is 0.948. The van der Waals surface area contributed by atoms with E-state index in [1.54, 1.807) is 12.4 Å². The maximum absolute atomic E-state index is 6.91. The summed E-state index contributed by atoms with van der Waals surface area (Å²) in [5.41, 5.74) is 2.41. The van der Waals surface area contributed by atoms with Crippen LogP contribution in [0.4, 0.5) is 5.69 Å². The van der Waals surface area contributed by atoms with Gasteiger partial charge in [-0.3, -0.25) is 0 Å². The standard InChI is InChI=1S/C9H7N3/c1-10-7-4-3-5-8-9(7)11-6-12(8)2/h3-6H,2H3. The molecule has 1 heterocycles. The minimum atomic E-state index is 0.619. The van der Waals surface area contributed by atoms with E-state index in [1.807, 2.05) is 23.7 Å². The SMILES string of the molecule is [C-]#[N+]c1cccc2c1ncn2C. The molecule has 0 radical (unpaired) electrons. The van der Waals surface area contributed by atoms with Crippen LogP contribution in [0, 0.1) is 6.57 Å². The van der Waals surface area contributed by atoms with E-state index in [1.165, 1.54) is 0 Å². The summed E-state index contributed by atoms with van der Waals surface area (Å²) in [7, 11) is 1.92. The molecule has 0 bridgehead atoms. The van der Waals surface area contributed by atoms with Crippen LogP contribution in [0.3, 0.4) is 0 Å². The lowest BCUT2D eigenvalue weighted by Crippen LogP contribution is -1.81. The zero-order chi connectivity index (χ0) is 8.55. The van der Waals surface area contributed by atoms with Crippen molar-refractivity contribution < 1.29 is 0 Å². The first kappa shape index (κ1) is 6.86. The summed E-state index contributed by atoms with van der Waals surface area (Å²) in [5.74, 6) is 0. The fraction of sp³-hybridized carbons (Fsp3) is 0.111. The maximum Gasteiger partial charge on any atom is 0.214 e. The fourth-order valence-electron chi connectivity index (χ4n) is 1.23. The molecule has 0 saturated carbocycles. The molecule has 0 amide bonds. The van der Waals surface area contributed by atoms with Gasteiger partial charge in [-0.25, -0.2) is 9.83 Å². The van der Waals surface area contributed by atoms with Gasteiger partial charge in [0.2, 0.25) is 5.69 Å². The van der Waals surface area contributed by atoms with Crippen LogP contribution in [0.2, 0.25) is 0 Å². The Morgan fingerprint density at radius 1 is 1.50 bits per heavy atom. The third-order valence-corrected chi connectivity index (χ3v) is 1.85. The summed E-state index contributed by atoms with van der Waals surface area (Å²) in [6.45, 7) is 6.91. The van der Waals surface area contributed by atoms with Crippen LogP contribution in [0.25, 0.3) is 15.9 Å². The zero-order valence-corrected chi connectivity index (χ0v) is 6.65. The van der Waals surface area contributed by atoms with E-state index in [4.69, 9.17) is 6.57 Å². The second-order valence-electron chi connectivity index (χ2n) is 2.61. The van der Waals surface area contributed by atoms with Gasteiger partial charge in [-0.2, -0.15) is 0 Å². The number of hydrogen-bond acceptors (Lipinski definition) is 1. The van der Waals surface area contributed by atoms with Gasteiger partial charge in [0.1, 0.15) is 0 Å². The van der Waals surface area contributed by atoms with Gasteiger partial charge in [0.05, 0.1) is 23.9 Å². The highest BCUT2D eigenvalue weighted by atomic mass is 15.0. The molecule has 0 N–H and O–H groups in total. The molecule has 0 aliphatic carbocycles. The van der Waals surface area contributed by atoms with Crippen molar-refractivity contribution in [2.45, 2.75) is 0 Å². The normalized spacial score (nSPS) is 10.0. The van der Waals surface area contributed by atoms with Crippen LogP contribution < -0.4 is 0 Å². The Hall–Kier alpha value is -1.82. The monoisotopic (exact) mass is 157 g/mol. The average Bonchev–Trinajstić information content (AvgIpc) is 2.48. The number of nitrogens with zero attached hydrogens (tertiary/aromatic N) is 3. The number of aromatic nitrogens is 2. The van der Waals surface area contributed by atoms with E-state index >= 15 is 0 Å². The Balaban J connectivity index is 2.92. The number of aryl methyl sites for hydroxylation is 1. The number of hydrogen-bond donors (Lipinski definition) is 0. The first-order chi connectivity index (χ1) is 5.83. The summed E-state index contributed by atoms with van der Waals surface area (Å²) < 4.78 is 1.91. The van der Waals surface area contributed by atoms with Gasteiger partial charge >= 0.3 is 0 Å². The highest BCUT2D eigenvalue weighted by Gasteiger charge is 2.03. The Kier molecular flexibility index (Phi) is 1.34. The highest BCUT2D eigenvalue weighted by Crippen LogP contribution is 2.23. The molecule has 0 atom stereocenters. The van der Waals surface area contributed by atoms with Gasteiger partial charge in [-0.05, 0) is 6.07 Å².